The molecule has 0 aromatic carbocycles. The largest absolute Gasteiger partial charge is 0.341 e. The first-order chi connectivity index (χ1) is 7.47. The molecule has 0 radical (unpaired) electrons. The second-order valence-electron chi connectivity index (χ2n) is 5.58. The Kier molecular flexibility index (Phi) is 2.64. The summed E-state index contributed by atoms with van der Waals surface area (Å²) in [5.41, 5.74) is -0.0136. The summed E-state index contributed by atoms with van der Waals surface area (Å²) in [7, 11) is 0. The van der Waals surface area contributed by atoms with E-state index in [1.807, 2.05) is 11.0 Å². The van der Waals surface area contributed by atoms with Gasteiger partial charge >= 0.3 is 0 Å². The predicted octanol–water partition coefficient (Wildman–Crippen LogP) is 1.64. The average molecular weight is 221 g/mol. The summed E-state index contributed by atoms with van der Waals surface area (Å²) < 4.78 is 0. The highest BCUT2D eigenvalue weighted by Crippen LogP contribution is 2.48. The lowest BCUT2D eigenvalue weighted by Crippen LogP contribution is -2.31. The highest BCUT2D eigenvalue weighted by atomic mass is 16.2. The van der Waals surface area contributed by atoms with E-state index in [4.69, 9.17) is 0 Å². The molecular weight excluding hydrogens is 202 g/mol. The molecule has 2 rings (SSSR count). The van der Waals surface area contributed by atoms with Crippen molar-refractivity contribution in [2.45, 2.75) is 26.7 Å². The van der Waals surface area contributed by atoms with Crippen LogP contribution in [0.2, 0.25) is 0 Å². The lowest BCUT2D eigenvalue weighted by atomic mass is 9.80. The number of likely N-dealkylation sites (tertiary alicyclic amines) is 1. The molecule has 0 spiro atoms. The molecule has 1 saturated carbocycles. The van der Waals surface area contributed by atoms with Crippen LogP contribution in [0.4, 0.5) is 0 Å². The predicted molar refractivity (Wildman–Crippen MR) is 61.8 cm³/mol. The Bertz CT molecular complexity index is 346. The smallest absolute Gasteiger partial charge is 0.233 e. The van der Waals surface area contributed by atoms with Gasteiger partial charge in [-0.05, 0) is 11.8 Å². The van der Waals surface area contributed by atoms with E-state index in [0.717, 1.165) is 13.0 Å². The first-order valence-corrected chi connectivity index (χ1v) is 5.90. The van der Waals surface area contributed by atoms with Crippen LogP contribution in [0.5, 0.6) is 0 Å². The first-order valence-electron chi connectivity index (χ1n) is 5.90. The van der Waals surface area contributed by atoms with Gasteiger partial charge in [-0.2, -0.15) is 0 Å². The van der Waals surface area contributed by atoms with Crippen molar-refractivity contribution in [2.24, 2.45) is 17.3 Å². The molecule has 0 aromatic rings. The van der Waals surface area contributed by atoms with Gasteiger partial charge in [0.2, 0.25) is 5.91 Å². The van der Waals surface area contributed by atoms with E-state index in [1.165, 1.54) is 0 Å². The molecule has 0 N–H and O–H groups in total. The molecule has 3 heteroatoms. The molecule has 1 saturated heterocycles. The van der Waals surface area contributed by atoms with E-state index >= 15 is 0 Å². The molecule has 1 heterocycles. The summed E-state index contributed by atoms with van der Waals surface area (Å²) in [6, 6.07) is 0. The van der Waals surface area contributed by atoms with Gasteiger partial charge in [0, 0.05) is 25.4 Å². The number of Topliss-reactive ketones (excluding diaryl/α,β-unsaturated/α-hetero) is 1. The fraction of sp³-hybridized carbons (Fsp3) is 0.692. The third-order valence-corrected chi connectivity index (χ3v) is 3.98. The minimum Gasteiger partial charge on any atom is -0.341 e. The molecule has 0 bridgehead atoms. The highest BCUT2D eigenvalue weighted by molar-refractivity contribution is 6.05. The maximum absolute atomic E-state index is 12.1. The summed E-state index contributed by atoms with van der Waals surface area (Å²) in [5.74, 6) is 0.0562. The SMILES string of the molecule is C=CCCN1CC2C(C(=O)CC2(C)C)C1=O. The quantitative estimate of drug-likeness (QED) is 0.536. The monoisotopic (exact) mass is 221 g/mol. The molecule has 1 amide bonds. The Hall–Kier alpha value is -1.12. The van der Waals surface area contributed by atoms with Crippen LogP contribution < -0.4 is 0 Å². The van der Waals surface area contributed by atoms with Crippen LogP contribution >= 0.6 is 0 Å². The van der Waals surface area contributed by atoms with Crippen molar-refractivity contribution in [3.63, 3.8) is 0 Å². The molecule has 2 unspecified atom stereocenters. The first kappa shape index (κ1) is 11.4. The van der Waals surface area contributed by atoms with Crippen molar-refractivity contribution >= 4 is 11.7 Å². The Morgan fingerprint density at radius 2 is 2.19 bits per heavy atom. The number of fused-ring (bicyclic) bond motifs is 1. The number of rotatable bonds is 3. The maximum Gasteiger partial charge on any atom is 0.233 e. The second kappa shape index (κ2) is 3.72. The van der Waals surface area contributed by atoms with Gasteiger partial charge in [-0.1, -0.05) is 19.9 Å². The molecule has 2 aliphatic rings. The molecule has 2 atom stereocenters. The van der Waals surface area contributed by atoms with Crippen LogP contribution in [0, 0.1) is 17.3 Å². The van der Waals surface area contributed by atoms with Crippen LogP contribution in [0.3, 0.4) is 0 Å². The van der Waals surface area contributed by atoms with Gasteiger partial charge in [0.1, 0.15) is 11.7 Å². The number of hydrogen-bond acceptors (Lipinski definition) is 2. The Morgan fingerprint density at radius 1 is 1.50 bits per heavy atom. The summed E-state index contributed by atoms with van der Waals surface area (Å²) in [5, 5.41) is 0. The molecule has 0 aromatic heterocycles. The second-order valence-corrected chi connectivity index (χ2v) is 5.58. The van der Waals surface area contributed by atoms with Gasteiger partial charge in [0.25, 0.3) is 0 Å². The minimum atomic E-state index is -0.347. The molecule has 1 aliphatic heterocycles. The standard InChI is InChI=1S/C13H19NO2/c1-4-5-6-14-8-9-11(12(14)16)10(15)7-13(9,2)3/h4,9,11H,1,5-8H2,2-3H3. The fourth-order valence-electron chi connectivity index (χ4n) is 3.00. The minimum absolute atomic E-state index is 0.0136. The lowest BCUT2D eigenvalue weighted by Gasteiger charge is -2.25. The maximum atomic E-state index is 12.1. The summed E-state index contributed by atoms with van der Waals surface area (Å²) >= 11 is 0. The zero-order chi connectivity index (χ0) is 11.9. The number of hydrogen-bond donors (Lipinski definition) is 0. The number of ketones is 1. The molecular formula is C13H19NO2. The van der Waals surface area contributed by atoms with E-state index in [1.54, 1.807) is 0 Å². The molecule has 1 aliphatic carbocycles. The molecule has 16 heavy (non-hydrogen) atoms. The number of nitrogens with zero attached hydrogens (tertiary/aromatic N) is 1. The Labute approximate surface area is 96.5 Å². The Morgan fingerprint density at radius 3 is 2.75 bits per heavy atom. The van der Waals surface area contributed by atoms with Crippen molar-refractivity contribution in [3.8, 4) is 0 Å². The molecule has 3 nitrogen and oxygen atoms in total. The van der Waals surface area contributed by atoms with Crippen molar-refractivity contribution in [3.05, 3.63) is 12.7 Å². The molecule has 2 fully saturated rings. The summed E-state index contributed by atoms with van der Waals surface area (Å²) in [4.78, 5) is 25.7. The fourth-order valence-corrected chi connectivity index (χ4v) is 3.00. The van der Waals surface area contributed by atoms with Gasteiger partial charge in [-0.25, -0.2) is 0 Å². The van der Waals surface area contributed by atoms with Crippen LogP contribution in [-0.4, -0.2) is 29.7 Å². The number of carbonyl (C=O) groups excluding carboxylic acids is 2. The van der Waals surface area contributed by atoms with Crippen LogP contribution in [0.25, 0.3) is 0 Å². The van der Waals surface area contributed by atoms with Gasteiger partial charge in [-0.15, -0.1) is 6.58 Å². The van der Waals surface area contributed by atoms with Crippen molar-refractivity contribution < 1.29 is 9.59 Å². The van der Waals surface area contributed by atoms with Crippen molar-refractivity contribution in [2.75, 3.05) is 13.1 Å². The number of carbonyl (C=O) groups is 2. The van der Waals surface area contributed by atoms with E-state index in [0.29, 0.717) is 13.0 Å². The zero-order valence-electron chi connectivity index (χ0n) is 10.0. The van der Waals surface area contributed by atoms with Gasteiger partial charge in [-0.3, -0.25) is 9.59 Å². The zero-order valence-corrected chi connectivity index (χ0v) is 10.0. The van der Waals surface area contributed by atoms with Gasteiger partial charge < -0.3 is 4.90 Å². The highest BCUT2D eigenvalue weighted by Gasteiger charge is 2.56. The van der Waals surface area contributed by atoms with Crippen LogP contribution in [-0.2, 0) is 9.59 Å². The van der Waals surface area contributed by atoms with Gasteiger partial charge in [0.05, 0.1) is 0 Å². The van der Waals surface area contributed by atoms with Crippen LogP contribution in [0.15, 0.2) is 12.7 Å². The van der Waals surface area contributed by atoms with Crippen molar-refractivity contribution in [1.82, 2.24) is 4.90 Å². The van der Waals surface area contributed by atoms with E-state index < -0.39 is 0 Å². The summed E-state index contributed by atoms with van der Waals surface area (Å²) in [6.45, 7) is 9.30. The molecule has 88 valence electrons. The van der Waals surface area contributed by atoms with Crippen LogP contribution in [0.1, 0.15) is 26.7 Å². The average Bonchev–Trinajstić information content (AvgIpc) is 2.62. The third kappa shape index (κ3) is 1.58. The summed E-state index contributed by atoms with van der Waals surface area (Å²) in [6.07, 6.45) is 3.18. The Balaban J connectivity index is 2.15. The van der Waals surface area contributed by atoms with Crippen molar-refractivity contribution in [1.29, 1.82) is 0 Å². The lowest BCUT2D eigenvalue weighted by molar-refractivity contribution is -0.136. The topological polar surface area (TPSA) is 37.4 Å². The normalized spacial score (nSPS) is 32.0. The van der Waals surface area contributed by atoms with E-state index in [2.05, 4.69) is 20.4 Å². The van der Waals surface area contributed by atoms with E-state index in [9.17, 15) is 9.59 Å². The number of amides is 1. The van der Waals surface area contributed by atoms with Gasteiger partial charge in [0.15, 0.2) is 0 Å². The van der Waals surface area contributed by atoms with E-state index in [-0.39, 0.29) is 28.9 Å². The third-order valence-electron chi connectivity index (χ3n) is 3.98.